The number of aromatic nitrogens is 1. The summed E-state index contributed by atoms with van der Waals surface area (Å²) in [6.07, 6.45) is -1.14. The number of benzene rings is 2. The lowest BCUT2D eigenvalue weighted by molar-refractivity contribution is -0.165. The number of sulfone groups is 1. The standard InChI is InChI=1S/C15H12F3NO4S.C12H14ClNO2/c1-24(21,22)12-6-9(15(16,17)18)4-5-10(12)13(20)11-7-19-23-14(11)8-2-3-8;1-12(2)8-16-14(11(12)15)7-9-5-3-4-6-10(9)13/h4-8H,2-3H2,1H3;3-6H,7-8H2,1-2H3. The number of hydroxylamine groups is 2. The first kappa shape index (κ1) is 29.8. The van der Waals surface area contributed by atoms with Crippen LogP contribution in [-0.4, -0.2) is 43.2 Å². The number of halogens is 4. The number of carbonyl (C=O) groups excluding carboxylic acids is 2. The molecule has 1 aromatic heterocycles. The van der Waals surface area contributed by atoms with Gasteiger partial charge in [0, 0.05) is 22.8 Å². The number of hydrogen-bond acceptors (Lipinski definition) is 7. The summed E-state index contributed by atoms with van der Waals surface area (Å²) in [5.74, 6) is -0.318. The monoisotopic (exact) mass is 598 g/mol. The first-order chi connectivity index (χ1) is 18.6. The van der Waals surface area contributed by atoms with Crippen molar-refractivity contribution in [2.75, 3.05) is 12.9 Å². The molecular formula is C27H26ClF3N2O6S. The zero-order valence-electron chi connectivity index (χ0n) is 21.8. The number of amides is 1. The Kier molecular flexibility index (Phi) is 8.17. The van der Waals surface area contributed by atoms with Crippen molar-refractivity contribution in [3.05, 3.63) is 81.7 Å². The largest absolute Gasteiger partial charge is 0.416 e. The molecule has 8 nitrogen and oxygen atoms in total. The van der Waals surface area contributed by atoms with Gasteiger partial charge in [0.25, 0.3) is 5.91 Å². The van der Waals surface area contributed by atoms with Crippen molar-refractivity contribution in [2.24, 2.45) is 5.41 Å². The van der Waals surface area contributed by atoms with Crippen molar-refractivity contribution < 1.29 is 40.5 Å². The Morgan fingerprint density at radius 2 is 1.82 bits per heavy atom. The second-order valence-corrected chi connectivity index (χ2v) is 12.7. The van der Waals surface area contributed by atoms with Gasteiger partial charge in [-0.15, -0.1) is 0 Å². The minimum absolute atomic E-state index is 0.00687. The molecule has 0 N–H and O–H groups in total. The zero-order chi connectivity index (χ0) is 29.5. The lowest BCUT2D eigenvalue weighted by Crippen LogP contribution is -2.30. The molecule has 3 aromatic rings. The van der Waals surface area contributed by atoms with Crippen molar-refractivity contribution in [3.8, 4) is 0 Å². The van der Waals surface area contributed by atoms with Gasteiger partial charge in [-0.25, -0.2) is 13.5 Å². The SMILES string of the molecule is CC1(C)CON(Cc2ccccc2Cl)C1=O.CS(=O)(=O)c1cc(C(F)(F)F)ccc1C(=O)c1cnoc1C1CC1. The van der Waals surface area contributed by atoms with Crippen LogP contribution >= 0.6 is 11.6 Å². The molecule has 2 aliphatic rings. The zero-order valence-corrected chi connectivity index (χ0v) is 23.4. The molecule has 214 valence electrons. The van der Waals surface area contributed by atoms with Crippen molar-refractivity contribution in [3.63, 3.8) is 0 Å². The minimum Gasteiger partial charge on any atom is -0.360 e. The van der Waals surface area contributed by atoms with Gasteiger partial charge in [0.1, 0.15) is 0 Å². The fourth-order valence-electron chi connectivity index (χ4n) is 3.99. The third-order valence-electron chi connectivity index (χ3n) is 6.40. The second-order valence-electron chi connectivity index (χ2n) is 10.3. The van der Waals surface area contributed by atoms with Crippen LogP contribution in [0, 0.1) is 5.41 Å². The van der Waals surface area contributed by atoms with Gasteiger partial charge in [0.05, 0.1) is 40.8 Å². The molecule has 0 bridgehead atoms. The van der Waals surface area contributed by atoms with Gasteiger partial charge in [-0.3, -0.25) is 14.4 Å². The van der Waals surface area contributed by atoms with E-state index in [1.807, 2.05) is 38.1 Å². The van der Waals surface area contributed by atoms with Gasteiger partial charge in [-0.1, -0.05) is 35.0 Å². The van der Waals surface area contributed by atoms with E-state index in [1.54, 1.807) is 0 Å². The number of carbonyl (C=O) groups is 2. The summed E-state index contributed by atoms with van der Waals surface area (Å²) in [5.41, 5.74) is -0.901. The Balaban J connectivity index is 0.000000201. The maximum Gasteiger partial charge on any atom is 0.416 e. The van der Waals surface area contributed by atoms with Crippen LogP contribution in [0.15, 0.2) is 58.1 Å². The van der Waals surface area contributed by atoms with E-state index in [0.717, 1.165) is 30.7 Å². The molecule has 0 atom stereocenters. The van der Waals surface area contributed by atoms with Gasteiger partial charge in [-0.2, -0.15) is 13.2 Å². The average Bonchev–Trinajstić information content (AvgIpc) is 3.55. The Hall–Kier alpha value is -3.22. The third-order valence-corrected chi connectivity index (χ3v) is 7.91. The number of hydrogen-bond donors (Lipinski definition) is 0. The van der Waals surface area contributed by atoms with Gasteiger partial charge >= 0.3 is 6.18 Å². The summed E-state index contributed by atoms with van der Waals surface area (Å²) in [5, 5.41) is 5.60. The van der Waals surface area contributed by atoms with Gasteiger partial charge < -0.3 is 4.52 Å². The summed E-state index contributed by atoms with van der Waals surface area (Å²) in [6.45, 7) is 4.59. The fraction of sp³-hybridized carbons (Fsp3) is 0.370. The van der Waals surface area contributed by atoms with E-state index in [4.69, 9.17) is 21.0 Å². The number of ketones is 1. The van der Waals surface area contributed by atoms with E-state index in [1.165, 1.54) is 11.3 Å². The summed E-state index contributed by atoms with van der Waals surface area (Å²) in [4.78, 5) is 29.2. The smallest absolute Gasteiger partial charge is 0.360 e. The molecule has 2 heterocycles. The quantitative estimate of drug-likeness (QED) is 0.328. The van der Waals surface area contributed by atoms with Gasteiger partial charge in [0.2, 0.25) is 0 Å². The molecule has 1 saturated heterocycles. The van der Waals surface area contributed by atoms with E-state index >= 15 is 0 Å². The predicted molar refractivity (Wildman–Crippen MR) is 138 cm³/mol. The molecule has 40 heavy (non-hydrogen) atoms. The van der Waals surface area contributed by atoms with E-state index < -0.39 is 37.7 Å². The third kappa shape index (κ3) is 6.56. The second kappa shape index (κ2) is 11.0. The summed E-state index contributed by atoms with van der Waals surface area (Å²) in [6, 6.07) is 9.51. The predicted octanol–water partition coefficient (Wildman–Crippen LogP) is 5.85. The molecule has 1 aliphatic heterocycles. The highest BCUT2D eigenvalue weighted by atomic mass is 35.5. The molecule has 0 radical (unpaired) electrons. The highest BCUT2D eigenvalue weighted by molar-refractivity contribution is 7.90. The summed E-state index contributed by atoms with van der Waals surface area (Å²) in [7, 11) is -4.04. The van der Waals surface area contributed by atoms with E-state index in [0.29, 0.717) is 36.1 Å². The minimum atomic E-state index is -4.71. The summed E-state index contributed by atoms with van der Waals surface area (Å²) >= 11 is 6.03. The van der Waals surface area contributed by atoms with Crippen LogP contribution in [0.25, 0.3) is 0 Å². The van der Waals surface area contributed by atoms with E-state index in [9.17, 15) is 31.2 Å². The number of alkyl halides is 3. The lowest BCUT2D eigenvalue weighted by atomic mass is 9.95. The topological polar surface area (TPSA) is 107 Å². The molecule has 13 heteroatoms. The molecule has 1 amide bonds. The number of rotatable bonds is 6. The Bertz CT molecular complexity index is 1550. The van der Waals surface area contributed by atoms with Crippen LogP contribution in [0.5, 0.6) is 0 Å². The molecule has 0 unspecified atom stereocenters. The van der Waals surface area contributed by atoms with Gasteiger partial charge in [-0.05, 0) is 56.5 Å². The normalized spacial score (nSPS) is 17.0. The lowest BCUT2D eigenvalue weighted by Gasteiger charge is -2.16. The molecule has 0 spiro atoms. The maximum absolute atomic E-state index is 12.8. The molecule has 5 rings (SSSR count). The van der Waals surface area contributed by atoms with Crippen molar-refractivity contribution in [2.45, 2.75) is 50.2 Å². The maximum atomic E-state index is 12.8. The Labute approximate surface area is 233 Å². The fourth-order valence-corrected chi connectivity index (χ4v) is 5.09. The van der Waals surface area contributed by atoms with E-state index in [-0.39, 0.29) is 23.0 Å². The first-order valence-corrected chi connectivity index (χ1v) is 14.5. The van der Waals surface area contributed by atoms with Crippen LogP contribution in [0.4, 0.5) is 13.2 Å². The molecule has 2 fully saturated rings. The number of nitrogens with zero attached hydrogens (tertiary/aromatic N) is 2. The highest BCUT2D eigenvalue weighted by Gasteiger charge is 2.40. The molecule has 1 saturated carbocycles. The highest BCUT2D eigenvalue weighted by Crippen LogP contribution is 2.42. The van der Waals surface area contributed by atoms with Crippen LogP contribution in [0.1, 0.15) is 65.4 Å². The Morgan fingerprint density at radius 1 is 1.15 bits per heavy atom. The van der Waals surface area contributed by atoms with Crippen molar-refractivity contribution >= 4 is 33.1 Å². The van der Waals surface area contributed by atoms with Crippen LogP contribution in [0.2, 0.25) is 5.02 Å². The average molecular weight is 599 g/mol. The first-order valence-electron chi connectivity index (χ1n) is 12.2. The van der Waals surface area contributed by atoms with Crippen molar-refractivity contribution in [1.29, 1.82) is 0 Å². The van der Waals surface area contributed by atoms with Crippen LogP contribution in [-0.2, 0) is 32.2 Å². The Morgan fingerprint density at radius 3 is 2.38 bits per heavy atom. The van der Waals surface area contributed by atoms with Gasteiger partial charge in [0.15, 0.2) is 21.4 Å². The van der Waals surface area contributed by atoms with Crippen LogP contribution in [0.3, 0.4) is 0 Å². The van der Waals surface area contributed by atoms with Crippen molar-refractivity contribution in [1.82, 2.24) is 10.2 Å². The summed E-state index contributed by atoms with van der Waals surface area (Å²) < 4.78 is 67.3. The molecule has 2 aromatic carbocycles. The molecule has 1 aliphatic carbocycles. The van der Waals surface area contributed by atoms with Crippen LogP contribution < -0.4 is 0 Å². The molecular weight excluding hydrogens is 573 g/mol. The van der Waals surface area contributed by atoms with E-state index in [2.05, 4.69) is 5.16 Å².